The Morgan fingerprint density at radius 1 is 1.00 bits per heavy atom. The number of aryl methyl sites for hydroxylation is 1. The van der Waals surface area contributed by atoms with Crippen molar-refractivity contribution >= 4 is 27.3 Å². The topological polar surface area (TPSA) is 15.3 Å². The lowest BCUT2D eigenvalue weighted by atomic mass is 10.1. The van der Waals surface area contributed by atoms with Gasteiger partial charge in [0.1, 0.15) is 0 Å². The highest BCUT2D eigenvalue weighted by Gasteiger charge is 2.02. The lowest BCUT2D eigenvalue weighted by Crippen LogP contribution is -2.21. The standard InChI is InChI=1S/C18H23BrN2/c1-4-21(5-2)17-10-8-16(9-11-17)20-13-15-7-6-14(3)18(19)12-15/h6-12,20H,4-5,13H2,1-3H3. The minimum Gasteiger partial charge on any atom is -0.381 e. The van der Waals surface area contributed by atoms with Crippen LogP contribution in [0.4, 0.5) is 11.4 Å². The molecule has 2 nitrogen and oxygen atoms in total. The van der Waals surface area contributed by atoms with Gasteiger partial charge in [-0.1, -0.05) is 28.1 Å². The predicted molar refractivity (Wildman–Crippen MR) is 96.2 cm³/mol. The van der Waals surface area contributed by atoms with Gasteiger partial charge in [-0.3, -0.25) is 0 Å². The van der Waals surface area contributed by atoms with Gasteiger partial charge in [0.15, 0.2) is 0 Å². The summed E-state index contributed by atoms with van der Waals surface area (Å²) in [6.07, 6.45) is 0. The molecule has 3 heteroatoms. The van der Waals surface area contributed by atoms with Crippen molar-refractivity contribution in [3.8, 4) is 0 Å². The van der Waals surface area contributed by atoms with Crippen molar-refractivity contribution in [3.05, 3.63) is 58.1 Å². The second kappa shape index (κ2) is 7.51. The average Bonchev–Trinajstić information content (AvgIpc) is 2.51. The van der Waals surface area contributed by atoms with E-state index in [9.17, 15) is 0 Å². The molecule has 0 aromatic heterocycles. The molecule has 0 aliphatic carbocycles. The lowest BCUT2D eigenvalue weighted by molar-refractivity contribution is 0.866. The summed E-state index contributed by atoms with van der Waals surface area (Å²) in [6.45, 7) is 9.40. The molecule has 0 saturated heterocycles. The number of hydrogen-bond donors (Lipinski definition) is 1. The van der Waals surface area contributed by atoms with Crippen molar-refractivity contribution in [2.45, 2.75) is 27.3 Å². The zero-order chi connectivity index (χ0) is 15.2. The van der Waals surface area contributed by atoms with Crippen molar-refractivity contribution < 1.29 is 0 Å². The van der Waals surface area contributed by atoms with Crippen LogP contribution in [0.2, 0.25) is 0 Å². The Kier molecular flexibility index (Phi) is 5.68. The summed E-state index contributed by atoms with van der Waals surface area (Å²) in [4.78, 5) is 2.35. The van der Waals surface area contributed by atoms with Crippen molar-refractivity contribution in [1.29, 1.82) is 0 Å². The molecule has 112 valence electrons. The van der Waals surface area contributed by atoms with Gasteiger partial charge in [0, 0.05) is 35.5 Å². The van der Waals surface area contributed by atoms with Crippen molar-refractivity contribution in [2.24, 2.45) is 0 Å². The third-order valence-electron chi connectivity index (χ3n) is 3.73. The average molecular weight is 347 g/mol. The van der Waals surface area contributed by atoms with Crippen LogP contribution in [0.25, 0.3) is 0 Å². The van der Waals surface area contributed by atoms with E-state index < -0.39 is 0 Å². The molecule has 0 fully saturated rings. The maximum atomic E-state index is 3.58. The summed E-state index contributed by atoms with van der Waals surface area (Å²) >= 11 is 3.58. The van der Waals surface area contributed by atoms with Crippen LogP contribution in [0.1, 0.15) is 25.0 Å². The van der Waals surface area contributed by atoms with E-state index in [1.807, 2.05) is 0 Å². The molecular weight excluding hydrogens is 324 g/mol. The van der Waals surface area contributed by atoms with E-state index in [0.717, 1.165) is 25.3 Å². The van der Waals surface area contributed by atoms with Crippen LogP contribution in [-0.2, 0) is 6.54 Å². The van der Waals surface area contributed by atoms with Gasteiger partial charge in [-0.2, -0.15) is 0 Å². The number of hydrogen-bond acceptors (Lipinski definition) is 2. The minimum atomic E-state index is 0.837. The molecule has 2 aromatic carbocycles. The van der Waals surface area contributed by atoms with Crippen molar-refractivity contribution in [1.82, 2.24) is 0 Å². The molecule has 0 radical (unpaired) electrons. The first-order valence-corrected chi connectivity index (χ1v) is 8.27. The molecule has 0 unspecified atom stereocenters. The van der Waals surface area contributed by atoms with Crippen LogP contribution in [-0.4, -0.2) is 13.1 Å². The molecule has 0 bridgehead atoms. The molecule has 21 heavy (non-hydrogen) atoms. The summed E-state index contributed by atoms with van der Waals surface area (Å²) in [5.74, 6) is 0. The predicted octanol–water partition coefficient (Wildman–Crippen LogP) is 5.22. The third kappa shape index (κ3) is 4.24. The Labute approximate surface area is 136 Å². The second-order valence-electron chi connectivity index (χ2n) is 5.16. The van der Waals surface area contributed by atoms with Gasteiger partial charge in [0.25, 0.3) is 0 Å². The van der Waals surface area contributed by atoms with E-state index in [-0.39, 0.29) is 0 Å². The quantitative estimate of drug-likeness (QED) is 0.771. The van der Waals surface area contributed by atoms with E-state index in [0.29, 0.717) is 0 Å². The number of nitrogens with zero attached hydrogens (tertiary/aromatic N) is 1. The molecule has 0 amide bonds. The molecule has 2 rings (SSSR count). The molecule has 0 aliphatic rings. The lowest BCUT2D eigenvalue weighted by Gasteiger charge is -2.21. The summed E-state index contributed by atoms with van der Waals surface area (Å²) in [5, 5.41) is 3.47. The summed E-state index contributed by atoms with van der Waals surface area (Å²) in [5.41, 5.74) is 4.98. The van der Waals surface area contributed by atoms with Crippen LogP contribution in [0.5, 0.6) is 0 Å². The number of nitrogens with one attached hydrogen (secondary N) is 1. The third-order valence-corrected chi connectivity index (χ3v) is 4.58. The van der Waals surface area contributed by atoms with E-state index in [1.54, 1.807) is 0 Å². The fourth-order valence-corrected chi connectivity index (χ4v) is 2.76. The van der Waals surface area contributed by atoms with Gasteiger partial charge in [0.05, 0.1) is 0 Å². The molecule has 0 heterocycles. The molecule has 1 N–H and O–H groups in total. The highest BCUT2D eigenvalue weighted by atomic mass is 79.9. The highest BCUT2D eigenvalue weighted by molar-refractivity contribution is 9.10. The zero-order valence-corrected chi connectivity index (χ0v) is 14.6. The Balaban J connectivity index is 1.98. The minimum absolute atomic E-state index is 0.837. The Hall–Kier alpha value is -1.48. The van der Waals surface area contributed by atoms with E-state index in [2.05, 4.69) is 89.4 Å². The molecule has 0 atom stereocenters. The van der Waals surface area contributed by atoms with E-state index in [4.69, 9.17) is 0 Å². The summed E-state index contributed by atoms with van der Waals surface area (Å²) in [6, 6.07) is 15.1. The monoisotopic (exact) mass is 346 g/mol. The largest absolute Gasteiger partial charge is 0.381 e. The number of benzene rings is 2. The van der Waals surface area contributed by atoms with Crippen LogP contribution >= 0.6 is 15.9 Å². The first-order chi connectivity index (χ1) is 10.1. The maximum Gasteiger partial charge on any atom is 0.0401 e. The fraction of sp³-hybridized carbons (Fsp3) is 0.333. The Morgan fingerprint density at radius 3 is 2.24 bits per heavy atom. The number of anilines is 2. The van der Waals surface area contributed by atoms with Crippen molar-refractivity contribution in [2.75, 3.05) is 23.3 Å². The van der Waals surface area contributed by atoms with Crippen LogP contribution < -0.4 is 10.2 Å². The van der Waals surface area contributed by atoms with E-state index in [1.165, 1.54) is 21.3 Å². The molecule has 0 aliphatic heterocycles. The second-order valence-corrected chi connectivity index (χ2v) is 6.01. The Morgan fingerprint density at radius 2 is 1.67 bits per heavy atom. The fourth-order valence-electron chi connectivity index (χ4n) is 2.33. The van der Waals surface area contributed by atoms with Gasteiger partial charge < -0.3 is 10.2 Å². The number of rotatable bonds is 6. The van der Waals surface area contributed by atoms with E-state index >= 15 is 0 Å². The van der Waals surface area contributed by atoms with Crippen LogP contribution in [0.15, 0.2) is 46.9 Å². The van der Waals surface area contributed by atoms with Crippen molar-refractivity contribution in [3.63, 3.8) is 0 Å². The molecular formula is C18H23BrN2. The maximum absolute atomic E-state index is 3.58. The molecule has 2 aromatic rings. The first-order valence-electron chi connectivity index (χ1n) is 7.48. The van der Waals surface area contributed by atoms with Gasteiger partial charge in [-0.05, 0) is 62.2 Å². The van der Waals surface area contributed by atoms with Gasteiger partial charge in [0.2, 0.25) is 0 Å². The summed E-state index contributed by atoms with van der Waals surface area (Å²) in [7, 11) is 0. The number of halogens is 1. The Bertz CT molecular complexity index is 574. The molecule has 0 spiro atoms. The van der Waals surface area contributed by atoms with Crippen LogP contribution in [0.3, 0.4) is 0 Å². The highest BCUT2D eigenvalue weighted by Crippen LogP contribution is 2.20. The molecule has 0 saturated carbocycles. The van der Waals surface area contributed by atoms with Gasteiger partial charge in [-0.15, -0.1) is 0 Å². The van der Waals surface area contributed by atoms with Gasteiger partial charge >= 0.3 is 0 Å². The van der Waals surface area contributed by atoms with Crippen LogP contribution in [0, 0.1) is 6.92 Å². The zero-order valence-electron chi connectivity index (χ0n) is 13.0. The normalized spacial score (nSPS) is 10.5. The first kappa shape index (κ1) is 15.9. The van der Waals surface area contributed by atoms with Gasteiger partial charge in [-0.25, -0.2) is 0 Å². The SMILES string of the molecule is CCN(CC)c1ccc(NCc2ccc(C)c(Br)c2)cc1. The summed E-state index contributed by atoms with van der Waals surface area (Å²) < 4.78 is 1.17. The smallest absolute Gasteiger partial charge is 0.0401 e.